The zero-order chi connectivity index (χ0) is 15.2. The number of amides is 2. The van der Waals surface area contributed by atoms with E-state index in [1.54, 1.807) is 30.7 Å². The minimum absolute atomic E-state index is 0.415. The number of primary amides is 1. The smallest absolute Gasteiger partial charge is 0.339 e. The molecular weight excluding hydrogens is 286 g/mol. The highest BCUT2D eigenvalue weighted by Crippen LogP contribution is 2.19. The molecule has 0 aromatic carbocycles. The highest BCUT2D eigenvalue weighted by atomic mass is 32.1. The molecular formula is C15H15N3O2S. The lowest BCUT2D eigenvalue weighted by molar-refractivity contribution is -0.0536. The van der Waals surface area contributed by atoms with Crippen molar-refractivity contribution in [2.45, 2.75) is 19.4 Å². The van der Waals surface area contributed by atoms with Crippen LogP contribution in [0.25, 0.3) is 0 Å². The molecule has 0 saturated heterocycles. The standard InChI is InChI=1S/C15H15N3O2S/c1-11(18(20)15(16)19)2-3-13-4-5-14(21-13)10-12-6-8-17-9-7-12/h4-9,11,20H,10H2,1H3,(H2,16,19). The van der Waals surface area contributed by atoms with Crippen molar-refractivity contribution in [3.05, 3.63) is 52.0 Å². The first kappa shape index (κ1) is 15.0. The Morgan fingerprint density at radius 2 is 2.14 bits per heavy atom. The van der Waals surface area contributed by atoms with Gasteiger partial charge in [0, 0.05) is 23.7 Å². The first-order chi connectivity index (χ1) is 10.1. The summed E-state index contributed by atoms with van der Waals surface area (Å²) in [5, 5.41) is 9.74. The first-order valence-electron chi connectivity index (χ1n) is 6.33. The van der Waals surface area contributed by atoms with Crippen molar-refractivity contribution in [3.63, 3.8) is 0 Å². The molecule has 1 unspecified atom stereocenters. The lowest BCUT2D eigenvalue weighted by Gasteiger charge is -2.14. The Hall–Kier alpha value is -2.36. The molecule has 2 amide bonds. The van der Waals surface area contributed by atoms with Crippen molar-refractivity contribution in [1.29, 1.82) is 0 Å². The molecule has 0 fully saturated rings. The van der Waals surface area contributed by atoms with Crippen LogP contribution in [-0.2, 0) is 6.42 Å². The molecule has 2 aromatic rings. The number of pyridine rings is 1. The zero-order valence-corrected chi connectivity index (χ0v) is 12.3. The van der Waals surface area contributed by atoms with Crippen molar-refractivity contribution in [2.24, 2.45) is 5.73 Å². The number of urea groups is 1. The summed E-state index contributed by atoms with van der Waals surface area (Å²) < 4.78 is 0. The molecule has 0 aliphatic rings. The number of rotatable bonds is 3. The molecule has 5 nitrogen and oxygen atoms in total. The molecule has 2 aromatic heterocycles. The van der Waals surface area contributed by atoms with E-state index in [-0.39, 0.29) is 0 Å². The lowest BCUT2D eigenvalue weighted by atomic mass is 10.2. The highest BCUT2D eigenvalue weighted by molar-refractivity contribution is 7.12. The number of hydrogen-bond donors (Lipinski definition) is 2. The Morgan fingerprint density at radius 1 is 1.43 bits per heavy atom. The summed E-state index contributed by atoms with van der Waals surface area (Å²) in [6, 6.07) is 6.33. The van der Waals surface area contributed by atoms with Gasteiger partial charge in [-0.3, -0.25) is 10.2 Å². The molecule has 108 valence electrons. The third kappa shape index (κ3) is 4.31. The summed E-state index contributed by atoms with van der Waals surface area (Å²) >= 11 is 1.58. The summed E-state index contributed by atoms with van der Waals surface area (Å²) in [4.78, 5) is 16.8. The number of nitrogens with zero attached hydrogens (tertiary/aromatic N) is 2. The number of hydrogen-bond acceptors (Lipinski definition) is 4. The van der Waals surface area contributed by atoms with Gasteiger partial charge in [-0.05, 0) is 36.8 Å². The Labute approximate surface area is 127 Å². The number of thiophene rings is 1. The van der Waals surface area contributed by atoms with Gasteiger partial charge < -0.3 is 5.73 Å². The van der Waals surface area contributed by atoms with Crippen molar-refractivity contribution < 1.29 is 10.0 Å². The minimum atomic E-state index is -0.915. The van der Waals surface area contributed by atoms with Crippen LogP contribution < -0.4 is 5.73 Å². The van der Waals surface area contributed by atoms with Gasteiger partial charge in [0.25, 0.3) is 0 Å². The maximum Gasteiger partial charge on any atom is 0.339 e. The van der Waals surface area contributed by atoms with Gasteiger partial charge in [0.15, 0.2) is 0 Å². The quantitative estimate of drug-likeness (QED) is 0.518. The van der Waals surface area contributed by atoms with Crippen LogP contribution in [0, 0.1) is 11.8 Å². The summed E-state index contributed by atoms with van der Waals surface area (Å²) in [5.41, 5.74) is 6.15. The van der Waals surface area contributed by atoms with Gasteiger partial charge in [0.05, 0.1) is 4.88 Å². The van der Waals surface area contributed by atoms with E-state index in [4.69, 9.17) is 5.73 Å². The second-order valence-electron chi connectivity index (χ2n) is 4.43. The normalized spacial score (nSPS) is 11.3. The highest BCUT2D eigenvalue weighted by Gasteiger charge is 2.11. The average Bonchev–Trinajstić information content (AvgIpc) is 2.92. The molecule has 0 radical (unpaired) electrons. The van der Waals surface area contributed by atoms with Crippen LogP contribution in [0.5, 0.6) is 0 Å². The van der Waals surface area contributed by atoms with Crippen LogP contribution in [0.1, 0.15) is 22.2 Å². The molecule has 1 atom stereocenters. The Bertz CT molecular complexity index is 673. The largest absolute Gasteiger partial charge is 0.350 e. The van der Waals surface area contributed by atoms with Crippen LogP contribution in [-0.4, -0.2) is 27.3 Å². The van der Waals surface area contributed by atoms with Crippen LogP contribution in [0.2, 0.25) is 0 Å². The fraction of sp³-hybridized carbons (Fsp3) is 0.200. The molecule has 0 spiro atoms. The van der Waals surface area contributed by atoms with Crippen molar-refractivity contribution in [3.8, 4) is 11.8 Å². The minimum Gasteiger partial charge on any atom is -0.350 e. The molecule has 2 rings (SSSR count). The zero-order valence-electron chi connectivity index (χ0n) is 11.5. The van der Waals surface area contributed by atoms with E-state index in [2.05, 4.69) is 16.8 Å². The van der Waals surface area contributed by atoms with Crippen LogP contribution in [0.15, 0.2) is 36.7 Å². The van der Waals surface area contributed by atoms with Gasteiger partial charge in [0.1, 0.15) is 6.04 Å². The van der Waals surface area contributed by atoms with E-state index >= 15 is 0 Å². The van der Waals surface area contributed by atoms with Gasteiger partial charge >= 0.3 is 6.03 Å². The second-order valence-corrected chi connectivity index (χ2v) is 5.59. The Balaban J connectivity index is 2.02. The third-order valence-corrected chi connectivity index (χ3v) is 3.79. The van der Waals surface area contributed by atoms with E-state index < -0.39 is 12.1 Å². The van der Waals surface area contributed by atoms with Crippen molar-refractivity contribution in [1.82, 2.24) is 10.0 Å². The van der Waals surface area contributed by atoms with Gasteiger partial charge in [-0.25, -0.2) is 4.79 Å². The van der Waals surface area contributed by atoms with E-state index in [9.17, 15) is 10.0 Å². The maximum absolute atomic E-state index is 10.8. The number of hydroxylamine groups is 2. The molecule has 0 aliphatic heterocycles. The summed E-state index contributed by atoms with van der Waals surface area (Å²) in [6.45, 7) is 1.60. The first-order valence-corrected chi connectivity index (χ1v) is 7.14. The summed E-state index contributed by atoms with van der Waals surface area (Å²) in [7, 11) is 0. The lowest BCUT2D eigenvalue weighted by Crippen LogP contribution is -2.38. The predicted octanol–water partition coefficient (Wildman–Crippen LogP) is 2.24. The SMILES string of the molecule is CC(C#Cc1ccc(Cc2ccncc2)s1)N(O)C(N)=O. The second kappa shape index (κ2) is 6.88. The van der Waals surface area contributed by atoms with Crippen molar-refractivity contribution >= 4 is 17.4 Å². The van der Waals surface area contributed by atoms with E-state index in [1.165, 1.54) is 10.4 Å². The maximum atomic E-state index is 10.8. The van der Waals surface area contributed by atoms with Gasteiger partial charge in [0.2, 0.25) is 0 Å². The third-order valence-electron chi connectivity index (χ3n) is 2.79. The number of carbonyl (C=O) groups is 1. The number of aromatic nitrogens is 1. The molecule has 2 heterocycles. The molecule has 3 N–H and O–H groups in total. The molecule has 0 bridgehead atoms. The van der Waals surface area contributed by atoms with Crippen molar-refractivity contribution in [2.75, 3.05) is 0 Å². The fourth-order valence-electron chi connectivity index (χ4n) is 1.67. The van der Waals surface area contributed by atoms with E-state index in [0.29, 0.717) is 5.06 Å². The van der Waals surface area contributed by atoms with Gasteiger partial charge in [-0.2, -0.15) is 5.06 Å². The van der Waals surface area contributed by atoms with Crippen LogP contribution in [0.3, 0.4) is 0 Å². The molecule has 21 heavy (non-hydrogen) atoms. The Morgan fingerprint density at radius 3 is 2.81 bits per heavy atom. The summed E-state index contributed by atoms with van der Waals surface area (Å²) in [6.07, 6.45) is 4.37. The van der Waals surface area contributed by atoms with Gasteiger partial charge in [-0.15, -0.1) is 11.3 Å². The summed E-state index contributed by atoms with van der Waals surface area (Å²) in [5.74, 6) is 5.72. The number of carbonyl (C=O) groups excluding carboxylic acids is 1. The Kier molecular flexibility index (Phi) is 4.93. The van der Waals surface area contributed by atoms with E-state index in [0.717, 1.165) is 11.3 Å². The van der Waals surface area contributed by atoms with Gasteiger partial charge in [-0.1, -0.05) is 11.8 Å². The predicted molar refractivity (Wildman–Crippen MR) is 80.9 cm³/mol. The van der Waals surface area contributed by atoms with Crippen LogP contribution >= 0.6 is 11.3 Å². The topological polar surface area (TPSA) is 79.4 Å². The molecule has 0 saturated carbocycles. The molecule has 6 heteroatoms. The fourth-order valence-corrected chi connectivity index (χ4v) is 2.57. The molecule has 0 aliphatic carbocycles. The average molecular weight is 301 g/mol. The monoisotopic (exact) mass is 301 g/mol. The van der Waals surface area contributed by atoms with Crippen LogP contribution in [0.4, 0.5) is 4.79 Å². The number of nitrogens with two attached hydrogens (primary N) is 1. The van der Waals surface area contributed by atoms with E-state index in [1.807, 2.05) is 24.3 Å².